The summed E-state index contributed by atoms with van der Waals surface area (Å²) in [6, 6.07) is 0. The van der Waals surface area contributed by atoms with Crippen molar-refractivity contribution in [2.45, 2.75) is 38.6 Å². The van der Waals surface area contributed by atoms with Gasteiger partial charge in [0, 0.05) is 5.54 Å². The van der Waals surface area contributed by atoms with E-state index in [1.807, 2.05) is 0 Å². The van der Waals surface area contributed by atoms with Crippen molar-refractivity contribution in [1.29, 1.82) is 0 Å². The molecule has 1 saturated carbocycles. The molecule has 0 amide bonds. The molecule has 2 heteroatoms. The van der Waals surface area contributed by atoms with Crippen LogP contribution < -0.4 is 5.73 Å². The maximum absolute atomic E-state index is 6.43. The smallest absolute Gasteiger partial charge is 0.0242 e. The first-order chi connectivity index (χ1) is 5.96. The molecule has 76 valence electrons. The highest BCUT2D eigenvalue weighted by Gasteiger charge is 2.62. The second-order valence-electron chi connectivity index (χ2n) is 5.68. The van der Waals surface area contributed by atoms with Gasteiger partial charge in [-0.05, 0) is 50.7 Å². The Morgan fingerprint density at radius 3 is 2.08 bits per heavy atom. The maximum atomic E-state index is 6.43. The number of likely N-dealkylation sites (tertiary alicyclic amines) is 1. The van der Waals surface area contributed by atoms with E-state index in [9.17, 15) is 0 Å². The van der Waals surface area contributed by atoms with E-state index in [0.717, 1.165) is 5.92 Å². The molecule has 1 aliphatic heterocycles. The molecule has 1 aliphatic carbocycles. The zero-order valence-corrected chi connectivity index (χ0v) is 9.14. The lowest BCUT2D eigenvalue weighted by atomic mass is 9.84. The summed E-state index contributed by atoms with van der Waals surface area (Å²) in [6.45, 7) is 7.09. The summed E-state index contributed by atoms with van der Waals surface area (Å²) in [5.41, 5.74) is 7.01. The Bertz CT molecular complexity index is 204. The first kappa shape index (κ1) is 9.47. The standard InChI is InChI=1S/C11H22N2/c1-10(2)8-11(10,12)9-4-6-13(3)7-5-9/h9H,4-8,12H2,1-3H3. The van der Waals surface area contributed by atoms with E-state index in [1.165, 1.54) is 32.4 Å². The van der Waals surface area contributed by atoms with E-state index in [0.29, 0.717) is 5.41 Å². The fourth-order valence-corrected chi connectivity index (χ4v) is 2.91. The van der Waals surface area contributed by atoms with Crippen molar-refractivity contribution in [2.75, 3.05) is 20.1 Å². The molecular weight excluding hydrogens is 160 g/mol. The molecule has 1 saturated heterocycles. The third-order valence-corrected chi connectivity index (χ3v) is 4.32. The number of piperidine rings is 1. The number of nitrogens with two attached hydrogens (primary N) is 1. The number of rotatable bonds is 1. The molecule has 0 bridgehead atoms. The summed E-state index contributed by atoms with van der Waals surface area (Å²) in [6.07, 6.45) is 3.83. The molecule has 0 spiro atoms. The lowest BCUT2D eigenvalue weighted by Crippen LogP contribution is -2.43. The minimum absolute atomic E-state index is 0.175. The fourth-order valence-electron chi connectivity index (χ4n) is 2.91. The largest absolute Gasteiger partial charge is 0.324 e. The highest BCUT2D eigenvalue weighted by Crippen LogP contribution is 2.59. The summed E-state index contributed by atoms with van der Waals surface area (Å²) in [5.74, 6) is 0.777. The summed E-state index contributed by atoms with van der Waals surface area (Å²) in [7, 11) is 2.21. The normalized spacial score (nSPS) is 40.6. The average molecular weight is 182 g/mol. The van der Waals surface area contributed by atoms with Crippen LogP contribution in [-0.2, 0) is 0 Å². The maximum Gasteiger partial charge on any atom is 0.0242 e. The van der Waals surface area contributed by atoms with E-state index in [1.54, 1.807) is 0 Å². The van der Waals surface area contributed by atoms with Gasteiger partial charge in [0.05, 0.1) is 0 Å². The Morgan fingerprint density at radius 1 is 1.23 bits per heavy atom. The molecule has 0 aromatic carbocycles. The van der Waals surface area contributed by atoms with Gasteiger partial charge in [-0.1, -0.05) is 13.8 Å². The molecule has 2 aliphatic rings. The highest BCUT2D eigenvalue weighted by atomic mass is 15.1. The van der Waals surface area contributed by atoms with Crippen molar-refractivity contribution in [1.82, 2.24) is 4.90 Å². The molecule has 2 fully saturated rings. The number of nitrogens with zero attached hydrogens (tertiary/aromatic N) is 1. The van der Waals surface area contributed by atoms with Gasteiger partial charge >= 0.3 is 0 Å². The van der Waals surface area contributed by atoms with E-state index < -0.39 is 0 Å². The Morgan fingerprint density at radius 2 is 1.69 bits per heavy atom. The third kappa shape index (κ3) is 1.40. The Hall–Kier alpha value is -0.0800. The Labute approximate surface area is 81.5 Å². The lowest BCUT2D eigenvalue weighted by molar-refractivity contribution is 0.176. The number of hydrogen-bond acceptors (Lipinski definition) is 2. The zero-order chi connectivity index (χ0) is 9.69. The van der Waals surface area contributed by atoms with Crippen molar-refractivity contribution >= 4 is 0 Å². The van der Waals surface area contributed by atoms with Crippen LogP contribution in [0.4, 0.5) is 0 Å². The molecule has 0 aromatic rings. The van der Waals surface area contributed by atoms with Crippen molar-refractivity contribution < 1.29 is 0 Å². The molecule has 2 nitrogen and oxygen atoms in total. The molecular formula is C11H22N2. The van der Waals surface area contributed by atoms with Crippen molar-refractivity contribution in [3.8, 4) is 0 Å². The first-order valence-corrected chi connectivity index (χ1v) is 5.43. The van der Waals surface area contributed by atoms with Crippen molar-refractivity contribution in [3.63, 3.8) is 0 Å². The first-order valence-electron chi connectivity index (χ1n) is 5.43. The van der Waals surface area contributed by atoms with Crippen LogP contribution >= 0.6 is 0 Å². The second kappa shape index (κ2) is 2.71. The van der Waals surface area contributed by atoms with E-state index in [-0.39, 0.29) is 5.54 Å². The van der Waals surface area contributed by atoms with Crippen LogP contribution in [0.15, 0.2) is 0 Å². The molecule has 2 N–H and O–H groups in total. The average Bonchev–Trinajstić information content (AvgIpc) is 2.53. The summed E-state index contributed by atoms with van der Waals surface area (Å²) in [5, 5.41) is 0. The van der Waals surface area contributed by atoms with Crippen LogP contribution in [0.3, 0.4) is 0 Å². The van der Waals surface area contributed by atoms with Gasteiger partial charge in [-0.3, -0.25) is 0 Å². The molecule has 0 aromatic heterocycles. The Balaban J connectivity index is 1.96. The van der Waals surface area contributed by atoms with E-state index >= 15 is 0 Å². The van der Waals surface area contributed by atoms with Gasteiger partial charge in [-0.15, -0.1) is 0 Å². The van der Waals surface area contributed by atoms with Crippen LogP contribution in [0.5, 0.6) is 0 Å². The van der Waals surface area contributed by atoms with Gasteiger partial charge in [0.1, 0.15) is 0 Å². The monoisotopic (exact) mass is 182 g/mol. The quantitative estimate of drug-likeness (QED) is 0.665. The lowest BCUT2D eigenvalue weighted by Gasteiger charge is -2.34. The summed E-state index contributed by atoms with van der Waals surface area (Å²) < 4.78 is 0. The predicted octanol–water partition coefficient (Wildman–Crippen LogP) is 1.46. The van der Waals surface area contributed by atoms with Crippen LogP contribution in [0, 0.1) is 11.3 Å². The van der Waals surface area contributed by atoms with E-state index in [4.69, 9.17) is 5.73 Å². The van der Waals surface area contributed by atoms with Crippen LogP contribution in [0.25, 0.3) is 0 Å². The summed E-state index contributed by atoms with van der Waals surface area (Å²) >= 11 is 0. The second-order valence-corrected chi connectivity index (χ2v) is 5.68. The van der Waals surface area contributed by atoms with Gasteiger partial charge in [-0.2, -0.15) is 0 Å². The zero-order valence-electron chi connectivity index (χ0n) is 9.14. The predicted molar refractivity (Wildman–Crippen MR) is 55.5 cm³/mol. The van der Waals surface area contributed by atoms with Crippen LogP contribution in [0.2, 0.25) is 0 Å². The molecule has 2 rings (SSSR count). The summed E-state index contributed by atoms with van der Waals surface area (Å²) in [4.78, 5) is 2.41. The van der Waals surface area contributed by atoms with Gasteiger partial charge in [0.15, 0.2) is 0 Å². The van der Waals surface area contributed by atoms with Crippen molar-refractivity contribution in [3.05, 3.63) is 0 Å². The molecule has 1 heterocycles. The highest BCUT2D eigenvalue weighted by molar-refractivity contribution is 5.18. The van der Waals surface area contributed by atoms with Gasteiger partial charge in [0.2, 0.25) is 0 Å². The minimum Gasteiger partial charge on any atom is -0.324 e. The molecule has 1 unspecified atom stereocenters. The van der Waals surface area contributed by atoms with Gasteiger partial charge in [0.25, 0.3) is 0 Å². The van der Waals surface area contributed by atoms with Gasteiger partial charge in [-0.25, -0.2) is 0 Å². The third-order valence-electron chi connectivity index (χ3n) is 4.32. The van der Waals surface area contributed by atoms with Gasteiger partial charge < -0.3 is 10.6 Å². The van der Waals surface area contributed by atoms with Crippen LogP contribution in [0.1, 0.15) is 33.1 Å². The fraction of sp³-hybridized carbons (Fsp3) is 1.00. The minimum atomic E-state index is 0.175. The van der Waals surface area contributed by atoms with Crippen LogP contribution in [-0.4, -0.2) is 30.6 Å². The number of hydrogen-bond donors (Lipinski definition) is 1. The molecule has 1 atom stereocenters. The Kier molecular flexibility index (Phi) is 1.97. The SMILES string of the molecule is CN1CCC(C2(N)CC2(C)C)CC1. The molecule has 0 radical (unpaired) electrons. The molecule has 13 heavy (non-hydrogen) atoms. The topological polar surface area (TPSA) is 29.3 Å². The van der Waals surface area contributed by atoms with E-state index in [2.05, 4.69) is 25.8 Å². The van der Waals surface area contributed by atoms with Crippen molar-refractivity contribution in [2.24, 2.45) is 17.1 Å².